The Hall–Kier alpha value is -0.850. The number of nitrogens with zero attached hydrogens (tertiary/aromatic N) is 1. The van der Waals surface area contributed by atoms with E-state index in [0.717, 1.165) is 57.0 Å². The molecule has 7 heteroatoms. The van der Waals surface area contributed by atoms with E-state index in [4.69, 9.17) is 22.1 Å². The van der Waals surface area contributed by atoms with Crippen LogP contribution in [0.1, 0.15) is 31.2 Å². The predicted octanol–water partition coefficient (Wildman–Crippen LogP) is 2.35. The molecular weight excluding hydrogens is 373 g/mol. The van der Waals surface area contributed by atoms with Gasteiger partial charge in [-0.15, -0.1) is 12.4 Å². The fourth-order valence-electron chi connectivity index (χ4n) is 3.98. The van der Waals surface area contributed by atoms with E-state index in [0.29, 0.717) is 13.1 Å². The minimum absolute atomic E-state index is 0. The Balaban J connectivity index is 0.00000243. The minimum Gasteiger partial charge on any atom is -0.379 e. The fraction of sp³-hybridized carbons (Fsp3) is 0.632. The third-order valence-electron chi connectivity index (χ3n) is 5.61. The van der Waals surface area contributed by atoms with Crippen LogP contribution < -0.4 is 11.1 Å². The largest absolute Gasteiger partial charge is 0.379 e. The summed E-state index contributed by atoms with van der Waals surface area (Å²) in [4.78, 5) is 14.4. The van der Waals surface area contributed by atoms with Gasteiger partial charge in [-0.25, -0.2) is 0 Å². The summed E-state index contributed by atoms with van der Waals surface area (Å²) < 4.78 is 5.32. The van der Waals surface area contributed by atoms with Crippen LogP contribution in [0.2, 0.25) is 5.02 Å². The van der Waals surface area contributed by atoms with E-state index in [-0.39, 0.29) is 29.8 Å². The molecule has 0 atom stereocenters. The molecule has 146 valence electrons. The summed E-state index contributed by atoms with van der Waals surface area (Å²) in [5, 5.41) is 3.96. The summed E-state index contributed by atoms with van der Waals surface area (Å²) in [6.45, 7) is 4.19. The molecule has 1 aliphatic heterocycles. The lowest BCUT2D eigenvalue weighted by atomic mass is 9.68. The number of rotatable bonds is 5. The number of morpholine rings is 1. The summed E-state index contributed by atoms with van der Waals surface area (Å²) in [6.07, 6.45) is 3.87. The van der Waals surface area contributed by atoms with Crippen molar-refractivity contribution in [1.82, 2.24) is 10.2 Å². The Kier molecular flexibility index (Phi) is 8.17. The predicted molar refractivity (Wildman–Crippen MR) is 107 cm³/mol. The van der Waals surface area contributed by atoms with Crippen LogP contribution in [0, 0.1) is 0 Å². The van der Waals surface area contributed by atoms with Crippen LogP contribution in [0.4, 0.5) is 0 Å². The molecule has 26 heavy (non-hydrogen) atoms. The average molecular weight is 402 g/mol. The number of carbonyl (C=O) groups is 1. The van der Waals surface area contributed by atoms with Gasteiger partial charge in [-0.05, 0) is 43.4 Å². The monoisotopic (exact) mass is 401 g/mol. The molecule has 1 aromatic carbocycles. The van der Waals surface area contributed by atoms with Crippen molar-refractivity contribution in [1.29, 1.82) is 0 Å². The lowest BCUT2D eigenvalue weighted by Crippen LogP contribution is -2.49. The highest BCUT2D eigenvalue weighted by Crippen LogP contribution is 2.39. The van der Waals surface area contributed by atoms with E-state index < -0.39 is 0 Å². The zero-order valence-electron chi connectivity index (χ0n) is 15.1. The molecule has 5 nitrogen and oxygen atoms in total. The lowest BCUT2D eigenvalue weighted by Gasteiger charge is -2.40. The maximum Gasteiger partial charge on any atom is 0.234 e. The normalized spacial score (nSPS) is 26.8. The number of amides is 1. The number of ether oxygens (including phenoxy) is 1. The quantitative estimate of drug-likeness (QED) is 0.794. The molecule has 3 N–H and O–H groups in total. The maximum atomic E-state index is 12.3. The molecule has 1 amide bonds. The van der Waals surface area contributed by atoms with Gasteiger partial charge in [0.2, 0.25) is 5.91 Å². The van der Waals surface area contributed by atoms with E-state index in [1.807, 2.05) is 18.2 Å². The van der Waals surface area contributed by atoms with Crippen LogP contribution >= 0.6 is 24.0 Å². The van der Waals surface area contributed by atoms with Gasteiger partial charge in [0.25, 0.3) is 0 Å². The second-order valence-electron chi connectivity index (χ2n) is 7.23. The standard InChI is InChI=1S/C19H28ClN3O2.ClH/c20-16-3-1-2-15(12-16)19(14-21)6-4-17(5-7-19)22-18(24)13-23-8-10-25-11-9-23;/h1-3,12,17H,4-11,13-14,21H2,(H,22,24);1H/t17-,19+;. The van der Waals surface area contributed by atoms with Crippen molar-refractivity contribution < 1.29 is 9.53 Å². The van der Waals surface area contributed by atoms with Crippen molar-refractivity contribution in [2.45, 2.75) is 37.1 Å². The zero-order chi connectivity index (χ0) is 17.7. The van der Waals surface area contributed by atoms with Gasteiger partial charge in [0.1, 0.15) is 0 Å². The highest BCUT2D eigenvalue weighted by atomic mass is 35.5. The first-order valence-corrected chi connectivity index (χ1v) is 9.55. The Bertz CT molecular complexity index is 586. The Morgan fingerprint density at radius 2 is 2.00 bits per heavy atom. The van der Waals surface area contributed by atoms with E-state index in [1.165, 1.54) is 5.56 Å². The van der Waals surface area contributed by atoms with Gasteiger partial charge in [-0.1, -0.05) is 23.7 Å². The van der Waals surface area contributed by atoms with Gasteiger partial charge < -0.3 is 15.8 Å². The lowest BCUT2D eigenvalue weighted by molar-refractivity contribution is -0.124. The summed E-state index contributed by atoms with van der Waals surface area (Å²) in [6, 6.07) is 8.28. The summed E-state index contributed by atoms with van der Waals surface area (Å²) in [5.74, 6) is 0.120. The Morgan fingerprint density at radius 1 is 1.31 bits per heavy atom. The molecule has 0 unspecified atom stereocenters. The van der Waals surface area contributed by atoms with E-state index in [2.05, 4.69) is 16.3 Å². The van der Waals surface area contributed by atoms with E-state index in [9.17, 15) is 4.79 Å². The number of hydrogen-bond donors (Lipinski definition) is 2. The molecule has 1 saturated carbocycles. The smallest absolute Gasteiger partial charge is 0.234 e. The van der Waals surface area contributed by atoms with E-state index >= 15 is 0 Å². The van der Waals surface area contributed by atoms with Crippen LogP contribution in [0.5, 0.6) is 0 Å². The van der Waals surface area contributed by atoms with Crippen LogP contribution in [0.15, 0.2) is 24.3 Å². The van der Waals surface area contributed by atoms with Crippen LogP contribution in [0.3, 0.4) is 0 Å². The first kappa shape index (κ1) is 21.5. The summed E-state index contributed by atoms with van der Waals surface area (Å²) in [7, 11) is 0. The van der Waals surface area contributed by atoms with Crippen molar-refractivity contribution in [3.05, 3.63) is 34.9 Å². The fourth-order valence-corrected chi connectivity index (χ4v) is 4.17. The number of nitrogens with two attached hydrogens (primary N) is 1. The van der Waals surface area contributed by atoms with Gasteiger partial charge in [0.05, 0.1) is 19.8 Å². The second-order valence-corrected chi connectivity index (χ2v) is 7.66. The van der Waals surface area contributed by atoms with Crippen molar-refractivity contribution in [2.24, 2.45) is 5.73 Å². The van der Waals surface area contributed by atoms with Crippen molar-refractivity contribution in [3.63, 3.8) is 0 Å². The van der Waals surface area contributed by atoms with Crippen molar-refractivity contribution in [3.8, 4) is 0 Å². The molecule has 2 aliphatic rings. The third kappa shape index (κ3) is 5.33. The van der Waals surface area contributed by atoms with Crippen molar-refractivity contribution in [2.75, 3.05) is 39.4 Å². The zero-order valence-corrected chi connectivity index (χ0v) is 16.7. The molecule has 1 heterocycles. The number of halogens is 2. The van der Waals surface area contributed by atoms with Gasteiger partial charge in [-0.2, -0.15) is 0 Å². The summed E-state index contributed by atoms with van der Waals surface area (Å²) >= 11 is 6.16. The first-order valence-electron chi connectivity index (χ1n) is 9.17. The summed E-state index contributed by atoms with van der Waals surface area (Å²) in [5.41, 5.74) is 7.35. The molecule has 1 aliphatic carbocycles. The van der Waals surface area contributed by atoms with E-state index in [1.54, 1.807) is 0 Å². The van der Waals surface area contributed by atoms with Gasteiger partial charge in [0, 0.05) is 36.1 Å². The molecule has 2 fully saturated rings. The van der Waals surface area contributed by atoms with Crippen LogP contribution in [0.25, 0.3) is 0 Å². The van der Waals surface area contributed by atoms with Crippen LogP contribution in [-0.2, 0) is 14.9 Å². The third-order valence-corrected chi connectivity index (χ3v) is 5.84. The number of nitrogens with one attached hydrogen (secondary N) is 1. The molecule has 1 aromatic rings. The SMILES string of the molecule is Cl.NC[C@]1(c2cccc(Cl)c2)CC[C@@H](NC(=O)CN2CCOCC2)CC1. The molecular formula is C19H29Cl2N3O2. The van der Waals surface area contributed by atoms with Gasteiger partial charge >= 0.3 is 0 Å². The number of benzene rings is 1. The van der Waals surface area contributed by atoms with Gasteiger partial charge in [0.15, 0.2) is 0 Å². The number of carbonyl (C=O) groups excluding carboxylic acids is 1. The second kappa shape index (κ2) is 9.90. The highest BCUT2D eigenvalue weighted by molar-refractivity contribution is 6.30. The average Bonchev–Trinajstić information content (AvgIpc) is 2.63. The Morgan fingerprint density at radius 3 is 2.62 bits per heavy atom. The van der Waals surface area contributed by atoms with Gasteiger partial charge in [-0.3, -0.25) is 9.69 Å². The number of hydrogen-bond acceptors (Lipinski definition) is 4. The molecule has 0 bridgehead atoms. The topological polar surface area (TPSA) is 67.6 Å². The molecule has 0 spiro atoms. The molecule has 0 aromatic heterocycles. The molecule has 0 radical (unpaired) electrons. The van der Waals surface area contributed by atoms with Crippen molar-refractivity contribution >= 4 is 29.9 Å². The molecule has 1 saturated heterocycles. The Labute approximate surface area is 167 Å². The first-order chi connectivity index (χ1) is 12.1. The van der Waals surface area contributed by atoms with Crippen LogP contribution in [-0.4, -0.2) is 56.2 Å². The minimum atomic E-state index is -0.0175. The maximum absolute atomic E-state index is 12.3. The molecule has 3 rings (SSSR count). The highest BCUT2D eigenvalue weighted by Gasteiger charge is 2.36.